The van der Waals surface area contributed by atoms with Crippen LogP contribution in [0.4, 0.5) is 5.13 Å². The SMILES string of the molecule is Cc1cc(C)c2sc(N(CC(C)C)C(=O)CN(C)S(=O)(=O)c3cccs3)nc2c1. The predicted molar refractivity (Wildman–Crippen MR) is 120 cm³/mol. The molecule has 0 saturated carbocycles. The van der Waals surface area contributed by atoms with Crippen LogP contribution < -0.4 is 4.90 Å². The predicted octanol–water partition coefficient (Wildman–Crippen LogP) is 4.28. The molecule has 3 rings (SSSR count). The van der Waals surface area contributed by atoms with Gasteiger partial charge in [0.2, 0.25) is 5.91 Å². The van der Waals surface area contributed by atoms with Crippen LogP contribution in [0.5, 0.6) is 0 Å². The summed E-state index contributed by atoms with van der Waals surface area (Å²) in [5.74, 6) is -0.0669. The molecule has 0 aliphatic heterocycles. The first-order valence-electron chi connectivity index (χ1n) is 9.27. The van der Waals surface area contributed by atoms with Crippen LogP contribution in [0.3, 0.4) is 0 Å². The lowest BCUT2D eigenvalue weighted by Crippen LogP contribution is -2.42. The number of rotatable bonds is 7. The van der Waals surface area contributed by atoms with Crippen molar-refractivity contribution in [3.05, 3.63) is 40.8 Å². The lowest BCUT2D eigenvalue weighted by Gasteiger charge is -2.24. The Kier molecular flexibility index (Phi) is 6.42. The van der Waals surface area contributed by atoms with Crippen molar-refractivity contribution in [2.45, 2.75) is 31.9 Å². The highest BCUT2D eigenvalue weighted by molar-refractivity contribution is 7.91. The van der Waals surface area contributed by atoms with Crippen LogP contribution in [0.15, 0.2) is 33.9 Å². The molecule has 1 aromatic carbocycles. The Hall–Kier alpha value is -1.81. The van der Waals surface area contributed by atoms with Gasteiger partial charge in [-0.1, -0.05) is 37.3 Å². The van der Waals surface area contributed by atoms with Crippen molar-refractivity contribution in [1.29, 1.82) is 0 Å². The second-order valence-electron chi connectivity index (χ2n) is 7.52. The molecule has 2 heterocycles. The number of thiazole rings is 1. The molecule has 29 heavy (non-hydrogen) atoms. The van der Waals surface area contributed by atoms with Crippen LogP contribution in [0.2, 0.25) is 0 Å². The molecule has 0 aliphatic rings. The summed E-state index contributed by atoms with van der Waals surface area (Å²) in [7, 11) is -2.25. The number of aryl methyl sites for hydroxylation is 2. The van der Waals surface area contributed by atoms with E-state index in [4.69, 9.17) is 0 Å². The van der Waals surface area contributed by atoms with Crippen LogP contribution in [0.25, 0.3) is 10.2 Å². The third kappa shape index (κ3) is 4.69. The number of amides is 1. The third-order valence-electron chi connectivity index (χ3n) is 4.41. The van der Waals surface area contributed by atoms with Crippen molar-refractivity contribution in [3.8, 4) is 0 Å². The Balaban J connectivity index is 1.91. The monoisotopic (exact) mass is 451 g/mol. The number of carbonyl (C=O) groups is 1. The van der Waals surface area contributed by atoms with Crippen molar-refractivity contribution >= 4 is 54.0 Å². The highest BCUT2D eigenvalue weighted by atomic mass is 32.2. The number of aromatic nitrogens is 1. The van der Waals surface area contributed by atoms with E-state index in [0.29, 0.717) is 11.7 Å². The zero-order valence-corrected chi connectivity index (χ0v) is 19.6. The highest BCUT2D eigenvalue weighted by Gasteiger charge is 2.28. The number of hydrogen-bond donors (Lipinski definition) is 0. The summed E-state index contributed by atoms with van der Waals surface area (Å²) in [5, 5.41) is 2.31. The Morgan fingerprint density at radius 2 is 1.97 bits per heavy atom. The van der Waals surface area contributed by atoms with E-state index in [1.54, 1.807) is 22.4 Å². The van der Waals surface area contributed by atoms with E-state index in [2.05, 4.69) is 11.1 Å². The number of benzene rings is 1. The van der Waals surface area contributed by atoms with Crippen LogP contribution >= 0.6 is 22.7 Å². The first-order chi connectivity index (χ1) is 13.6. The summed E-state index contributed by atoms with van der Waals surface area (Å²) in [6.07, 6.45) is 0. The van der Waals surface area contributed by atoms with Gasteiger partial charge < -0.3 is 0 Å². The minimum absolute atomic E-state index is 0.216. The largest absolute Gasteiger partial charge is 0.287 e. The van der Waals surface area contributed by atoms with Gasteiger partial charge in [-0.05, 0) is 48.4 Å². The molecule has 9 heteroatoms. The van der Waals surface area contributed by atoms with Gasteiger partial charge in [0.25, 0.3) is 10.0 Å². The molecule has 0 spiro atoms. The maximum atomic E-state index is 13.1. The number of thiophene rings is 1. The first-order valence-corrected chi connectivity index (χ1v) is 12.4. The fourth-order valence-corrected chi connectivity index (χ4v) is 6.42. The van der Waals surface area contributed by atoms with E-state index >= 15 is 0 Å². The molecule has 0 radical (unpaired) electrons. The topological polar surface area (TPSA) is 70.6 Å². The molecule has 0 atom stereocenters. The average Bonchev–Trinajstić information content (AvgIpc) is 3.29. The molecule has 0 unspecified atom stereocenters. The summed E-state index contributed by atoms with van der Waals surface area (Å²) in [6.45, 7) is 8.34. The van der Waals surface area contributed by atoms with Gasteiger partial charge in [-0.15, -0.1) is 11.3 Å². The molecular weight excluding hydrogens is 426 g/mol. The Bertz CT molecular complexity index is 1120. The Labute approximate surface area is 179 Å². The molecule has 0 N–H and O–H groups in total. The van der Waals surface area contributed by atoms with Crippen molar-refractivity contribution in [1.82, 2.24) is 9.29 Å². The molecule has 2 aromatic heterocycles. The van der Waals surface area contributed by atoms with Gasteiger partial charge in [-0.25, -0.2) is 13.4 Å². The van der Waals surface area contributed by atoms with Crippen molar-refractivity contribution in [3.63, 3.8) is 0 Å². The van der Waals surface area contributed by atoms with Crippen molar-refractivity contribution < 1.29 is 13.2 Å². The van der Waals surface area contributed by atoms with Gasteiger partial charge in [-0.2, -0.15) is 4.31 Å². The first kappa shape index (κ1) is 21.9. The minimum Gasteiger partial charge on any atom is -0.287 e. The van der Waals surface area contributed by atoms with Gasteiger partial charge in [0.05, 0.1) is 16.8 Å². The molecule has 0 bridgehead atoms. The lowest BCUT2D eigenvalue weighted by molar-refractivity contribution is -0.118. The summed E-state index contributed by atoms with van der Waals surface area (Å²) >= 11 is 2.61. The molecular formula is C20H25N3O3S3. The van der Waals surface area contributed by atoms with Crippen molar-refractivity contribution in [2.24, 2.45) is 5.92 Å². The second-order valence-corrected chi connectivity index (χ2v) is 11.7. The average molecular weight is 452 g/mol. The number of anilines is 1. The van der Waals surface area contributed by atoms with Crippen LogP contribution in [-0.4, -0.2) is 43.8 Å². The maximum Gasteiger partial charge on any atom is 0.252 e. The molecule has 1 amide bonds. The van der Waals surface area contributed by atoms with E-state index in [0.717, 1.165) is 37.0 Å². The second kappa shape index (κ2) is 8.51. The van der Waals surface area contributed by atoms with Gasteiger partial charge in [0, 0.05) is 13.6 Å². The molecule has 0 aliphatic carbocycles. The normalized spacial score (nSPS) is 12.2. The zero-order valence-electron chi connectivity index (χ0n) is 17.2. The van der Waals surface area contributed by atoms with Crippen molar-refractivity contribution in [2.75, 3.05) is 25.0 Å². The van der Waals surface area contributed by atoms with Crippen LogP contribution in [0.1, 0.15) is 25.0 Å². The number of fused-ring (bicyclic) bond motifs is 1. The molecule has 6 nitrogen and oxygen atoms in total. The fraction of sp³-hybridized carbons (Fsp3) is 0.400. The quantitative estimate of drug-likeness (QED) is 0.537. The summed E-state index contributed by atoms with van der Waals surface area (Å²) < 4.78 is 27.8. The molecule has 0 saturated heterocycles. The third-order valence-corrected chi connectivity index (χ3v) is 8.81. The van der Waals surface area contributed by atoms with Crippen LogP contribution in [0, 0.1) is 19.8 Å². The smallest absolute Gasteiger partial charge is 0.252 e. The summed E-state index contributed by atoms with van der Waals surface area (Å²) in [5.41, 5.74) is 3.11. The fourth-order valence-electron chi connectivity index (χ4n) is 3.06. The van der Waals surface area contributed by atoms with E-state index in [1.807, 2.05) is 33.8 Å². The van der Waals surface area contributed by atoms with E-state index in [1.165, 1.54) is 18.4 Å². The highest BCUT2D eigenvalue weighted by Crippen LogP contribution is 2.32. The Morgan fingerprint density at radius 3 is 2.59 bits per heavy atom. The number of hydrogen-bond acceptors (Lipinski definition) is 6. The number of carbonyl (C=O) groups excluding carboxylic acids is 1. The molecule has 0 fully saturated rings. The van der Waals surface area contributed by atoms with E-state index < -0.39 is 10.0 Å². The zero-order chi connectivity index (χ0) is 21.3. The summed E-state index contributed by atoms with van der Waals surface area (Å²) in [6, 6.07) is 7.34. The maximum absolute atomic E-state index is 13.1. The lowest BCUT2D eigenvalue weighted by atomic mass is 10.1. The minimum atomic E-state index is -3.68. The Morgan fingerprint density at radius 1 is 1.24 bits per heavy atom. The summed E-state index contributed by atoms with van der Waals surface area (Å²) in [4.78, 5) is 19.4. The van der Waals surface area contributed by atoms with E-state index in [9.17, 15) is 13.2 Å². The van der Waals surface area contributed by atoms with Gasteiger partial charge >= 0.3 is 0 Å². The van der Waals surface area contributed by atoms with Gasteiger partial charge in [0.1, 0.15) is 4.21 Å². The standard InChI is InChI=1S/C20H25N3O3S3/c1-13(2)11-23(20-21-16-10-14(3)9-15(4)19(16)28-20)17(24)12-22(5)29(25,26)18-7-6-8-27-18/h6-10,13H,11-12H2,1-5H3. The number of sulfonamides is 1. The molecule has 156 valence electrons. The van der Waals surface area contributed by atoms with E-state index in [-0.39, 0.29) is 22.6 Å². The van der Waals surface area contributed by atoms with Gasteiger partial charge in [0.15, 0.2) is 5.13 Å². The number of nitrogens with zero attached hydrogens (tertiary/aromatic N) is 3. The number of likely N-dealkylation sites (N-methyl/N-ethyl adjacent to an activating group) is 1. The molecule has 3 aromatic rings. The van der Waals surface area contributed by atoms with Crippen LogP contribution in [-0.2, 0) is 14.8 Å². The van der Waals surface area contributed by atoms with Gasteiger partial charge in [-0.3, -0.25) is 9.69 Å².